The highest BCUT2D eigenvalue weighted by molar-refractivity contribution is 5.94. The molecule has 0 aliphatic rings. The van der Waals surface area contributed by atoms with Gasteiger partial charge in [0.15, 0.2) is 5.96 Å². The molecule has 0 aliphatic carbocycles. The molecule has 2 rings (SSSR count). The molecule has 0 heterocycles. The first kappa shape index (κ1) is 19.3. The highest BCUT2D eigenvalue weighted by atomic mass is 16.3. The number of nitrogens with zero attached hydrogens (tertiary/aromatic N) is 1. The molecule has 0 unspecified atom stereocenters. The van der Waals surface area contributed by atoms with Crippen LogP contribution in [0.3, 0.4) is 0 Å². The monoisotopic (exact) mass is 354 g/mol. The molecule has 2 aromatic carbocycles. The number of carbonyl (C=O) groups is 1. The Labute approximate surface area is 154 Å². The number of aromatic hydroxyl groups is 1. The van der Waals surface area contributed by atoms with Crippen molar-refractivity contribution < 1.29 is 9.90 Å². The quantitative estimate of drug-likeness (QED) is 0.333. The van der Waals surface area contributed by atoms with Crippen LogP contribution in [0, 0.1) is 0 Å². The van der Waals surface area contributed by atoms with E-state index in [1.165, 1.54) is 12.1 Å². The molecule has 26 heavy (non-hydrogen) atoms. The Morgan fingerprint density at radius 1 is 1.00 bits per heavy atom. The van der Waals surface area contributed by atoms with Crippen LogP contribution in [0.1, 0.15) is 29.3 Å². The molecule has 0 bridgehead atoms. The van der Waals surface area contributed by atoms with Gasteiger partial charge in [-0.05, 0) is 37.1 Å². The number of carbonyl (C=O) groups excluding carboxylic acids is 1. The van der Waals surface area contributed by atoms with Crippen LogP contribution in [-0.2, 0) is 6.54 Å². The zero-order valence-corrected chi connectivity index (χ0v) is 15.0. The van der Waals surface area contributed by atoms with Crippen molar-refractivity contribution in [3.05, 3.63) is 65.7 Å². The largest absolute Gasteiger partial charge is 0.508 e. The third kappa shape index (κ3) is 6.84. The molecule has 6 nitrogen and oxygen atoms in total. The van der Waals surface area contributed by atoms with E-state index in [0.29, 0.717) is 25.2 Å². The Bertz CT molecular complexity index is 717. The zero-order valence-electron chi connectivity index (χ0n) is 15.0. The van der Waals surface area contributed by atoms with Crippen LogP contribution in [0.5, 0.6) is 5.75 Å². The van der Waals surface area contributed by atoms with Crippen molar-refractivity contribution in [2.45, 2.75) is 19.9 Å². The molecular formula is C20H26N4O2. The Hall–Kier alpha value is -3.02. The van der Waals surface area contributed by atoms with Crippen molar-refractivity contribution in [3.63, 3.8) is 0 Å². The first-order valence-corrected chi connectivity index (χ1v) is 8.82. The molecule has 0 spiro atoms. The van der Waals surface area contributed by atoms with Crippen LogP contribution < -0.4 is 16.0 Å². The van der Waals surface area contributed by atoms with E-state index < -0.39 is 0 Å². The van der Waals surface area contributed by atoms with Crippen molar-refractivity contribution in [3.8, 4) is 5.75 Å². The average molecular weight is 354 g/mol. The van der Waals surface area contributed by atoms with Crippen molar-refractivity contribution in [2.24, 2.45) is 4.99 Å². The minimum absolute atomic E-state index is 0.0872. The van der Waals surface area contributed by atoms with Gasteiger partial charge in [-0.25, -0.2) is 4.99 Å². The normalized spacial score (nSPS) is 11.0. The minimum atomic E-state index is -0.189. The molecule has 6 heteroatoms. The molecule has 0 fully saturated rings. The predicted molar refractivity (Wildman–Crippen MR) is 104 cm³/mol. The summed E-state index contributed by atoms with van der Waals surface area (Å²) >= 11 is 0. The SMILES string of the molecule is CCNC(=NCc1ccccc1)NCCCNC(=O)c1cccc(O)c1. The van der Waals surface area contributed by atoms with Gasteiger partial charge in [-0.1, -0.05) is 36.4 Å². The molecule has 0 saturated heterocycles. The summed E-state index contributed by atoms with van der Waals surface area (Å²) in [6.45, 7) is 4.66. The summed E-state index contributed by atoms with van der Waals surface area (Å²) < 4.78 is 0. The maximum Gasteiger partial charge on any atom is 0.251 e. The van der Waals surface area contributed by atoms with Gasteiger partial charge in [-0.15, -0.1) is 0 Å². The molecule has 0 aromatic heterocycles. The van der Waals surface area contributed by atoms with Gasteiger partial charge >= 0.3 is 0 Å². The second kappa shape index (κ2) is 10.8. The van der Waals surface area contributed by atoms with Crippen molar-refractivity contribution in [2.75, 3.05) is 19.6 Å². The summed E-state index contributed by atoms with van der Waals surface area (Å²) in [6, 6.07) is 16.4. The zero-order chi connectivity index (χ0) is 18.6. The van der Waals surface area contributed by atoms with Crippen LogP contribution in [-0.4, -0.2) is 36.6 Å². The minimum Gasteiger partial charge on any atom is -0.508 e. The Morgan fingerprint density at radius 3 is 2.50 bits per heavy atom. The molecule has 0 aliphatic heterocycles. The van der Waals surface area contributed by atoms with E-state index in [-0.39, 0.29) is 11.7 Å². The van der Waals surface area contributed by atoms with E-state index in [2.05, 4.69) is 20.9 Å². The number of hydrogen-bond donors (Lipinski definition) is 4. The fourth-order valence-electron chi connectivity index (χ4n) is 2.34. The van der Waals surface area contributed by atoms with Gasteiger partial charge in [0.05, 0.1) is 6.54 Å². The summed E-state index contributed by atoms with van der Waals surface area (Å²) in [4.78, 5) is 16.5. The molecule has 0 saturated carbocycles. The van der Waals surface area contributed by atoms with Crippen molar-refractivity contribution in [1.29, 1.82) is 0 Å². The lowest BCUT2D eigenvalue weighted by Gasteiger charge is -2.11. The van der Waals surface area contributed by atoms with E-state index in [1.54, 1.807) is 12.1 Å². The van der Waals surface area contributed by atoms with Crippen LogP contribution in [0.2, 0.25) is 0 Å². The smallest absolute Gasteiger partial charge is 0.251 e. The fourth-order valence-corrected chi connectivity index (χ4v) is 2.34. The van der Waals surface area contributed by atoms with Gasteiger partial charge in [0.25, 0.3) is 5.91 Å². The maximum absolute atomic E-state index is 12.0. The Kier molecular flexibility index (Phi) is 7.99. The highest BCUT2D eigenvalue weighted by Gasteiger charge is 2.05. The second-order valence-electron chi connectivity index (χ2n) is 5.77. The van der Waals surface area contributed by atoms with Gasteiger partial charge in [0.2, 0.25) is 0 Å². The number of guanidine groups is 1. The second-order valence-corrected chi connectivity index (χ2v) is 5.77. The molecule has 2 aromatic rings. The molecule has 0 atom stereocenters. The summed E-state index contributed by atoms with van der Waals surface area (Å²) in [7, 11) is 0. The van der Waals surface area contributed by atoms with Gasteiger partial charge in [0.1, 0.15) is 5.75 Å². The number of rotatable bonds is 8. The lowest BCUT2D eigenvalue weighted by molar-refractivity contribution is 0.0953. The Balaban J connectivity index is 1.71. The number of benzene rings is 2. The summed E-state index contributed by atoms with van der Waals surface area (Å²) in [5.41, 5.74) is 1.61. The van der Waals surface area contributed by atoms with E-state index in [9.17, 15) is 9.90 Å². The Morgan fingerprint density at radius 2 is 1.77 bits per heavy atom. The van der Waals surface area contributed by atoms with E-state index in [1.807, 2.05) is 37.3 Å². The standard InChI is InChI=1S/C20H26N4O2/c1-2-21-20(24-15-16-8-4-3-5-9-16)23-13-7-12-22-19(26)17-10-6-11-18(25)14-17/h3-6,8-11,14,25H,2,7,12-13,15H2,1H3,(H,22,26)(H2,21,23,24). The number of amides is 1. The van der Waals surface area contributed by atoms with E-state index in [0.717, 1.165) is 24.5 Å². The lowest BCUT2D eigenvalue weighted by Crippen LogP contribution is -2.38. The van der Waals surface area contributed by atoms with Gasteiger partial charge in [0, 0.05) is 25.2 Å². The maximum atomic E-state index is 12.0. The molecule has 1 amide bonds. The number of aliphatic imine (C=N–C) groups is 1. The van der Waals surface area contributed by atoms with Crippen LogP contribution >= 0.6 is 0 Å². The van der Waals surface area contributed by atoms with Crippen molar-refractivity contribution >= 4 is 11.9 Å². The molecule has 138 valence electrons. The van der Waals surface area contributed by atoms with Crippen LogP contribution in [0.15, 0.2) is 59.6 Å². The molecular weight excluding hydrogens is 328 g/mol. The first-order chi connectivity index (χ1) is 12.7. The first-order valence-electron chi connectivity index (χ1n) is 8.82. The number of phenolic OH excluding ortho intramolecular Hbond substituents is 1. The summed E-state index contributed by atoms with van der Waals surface area (Å²) in [5.74, 6) is 0.658. The van der Waals surface area contributed by atoms with Crippen molar-refractivity contribution in [1.82, 2.24) is 16.0 Å². The van der Waals surface area contributed by atoms with Gasteiger partial charge in [-0.3, -0.25) is 4.79 Å². The summed E-state index contributed by atoms with van der Waals surface area (Å²) in [6.07, 6.45) is 0.764. The van der Waals surface area contributed by atoms with E-state index >= 15 is 0 Å². The van der Waals surface area contributed by atoms with Crippen LogP contribution in [0.4, 0.5) is 0 Å². The van der Waals surface area contributed by atoms with Gasteiger partial charge < -0.3 is 21.1 Å². The fraction of sp³-hybridized carbons (Fsp3) is 0.300. The molecule has 0 radical (unpaired) electrons. The third-order valence-electron chi connectivity index (χ3n) is 3.65. The number of phenols is 1. The van der Waals surface area contributed by atoms with Gasteiger partial charge in [-0.2, -0.15) is 0 Å². The molecule has 4 N–H and O–H groups in total. The number of nitrogens with one attached hydrogen (secondary N) is 3. The summed E-state index contributed by atoms with van der Waals surface area (Å²) in [5, 5.41) is 18.7. The van der Waals surface area contributed by atoms with E-state index in [4.69, 9.17) is 0 Å². The lowest BCUT2D eigenvalue weighted by atomic mass is 10.2. The third-order valence-corrected chi connectivity index (χ3v) is 3.65. The topological polar surface area (TPSA) is 85.8 Å². The van der Waals surface area contributed by atoms with Crippen LogP contribution in [0.25, 0.3) is 0 Å². The number of hydrogen-bond acceptors (Lipinski definition) is 3. The predicted octanol–water partition coefficient (Wildman–Crippen LogP) is 2.27. The average Bonchev–Trinajstić information content (AvgIpc) is 2.66. The highest BCUT2D eigenvalue weighted by Crippen LogP contribution is 2.10.